The lowest BCUT2D eigenvalue weighted by molar-refractivity contribution is -0.113. The van der Waals surface area contributed by atoms with Gasteiger partial charge < -0.3 is 4.74 Å². The fourth-order valence-corrected chi connectivity index (χ4v) is 4.61. The van der Waals surface area contributed by atoms with E-state index in [9.17, 15) is 4.79 Å². The number of thiocarbonyl (C=S) groups is 1. The fraction of sp³-hybridized carbons (Fsp3) is 0.0435. The quantitative estimate of drug-likeness (QED) is 0.296. The highest BCUT2D eigenvalue weighted by molar-refractivity contribution is 8.27. The molecule has 0 radical (unpaired) electrons. The topological polar surface area (TPSA) is 29.5 Å². The number of ether oxygens (including phenoxy) is 1. The van der Waals surface area contributed by atoms with Crippen LogP contribution in [-0.2, 0) is 11.4 Å². The third kappa shape index (κ3) is 4.55. The number of rotatable bonds is 5. The molecule has 150 valence electrons. The Morgan fingerprint density at radius 1 is 1.00 bits per heavy atom. The molecule has 0 aromatic heterocycles. The van der Waals surface area contributed by atoms with Gasteiger partial charge in [-0.3, -0.25) is 9.69 Å². The molecule has 0 aliphatic carbocycles. The predicted molar refractivity (Wildman–Crippen MR) is 129 cm³/mol. The normalized spacial score (nSPS) is 15.1. The lowest BCUT2D eigenvalue weighted by Gasteiger charge is -2.14. The minimum Gasteiger partial charge on any atom is -0.488 e. The molecular weight excluding hydrogens is 457 g/mol. The van der Waals surface area contributed by atoms with E-state index >= 15 is 0 Å². The Bertz CT molecular complexity index is 1160. The molecule has 0 N–H and O–H groups in total. The van der Waals surface area contributed by atoms with Crippen LogP contribution in [0, 0.1) is 0 Å². The zero-order valence-corrected chi connectivity index (χ0v) is 18.7. The largest absolute Gasteiger partial charge is 0.488 e. The summed E-state index contributed by atoms with van der Waals surface area (Å²) in [7, 11) is 0. The first-order chi connectivity index (χ1) is 14.5. The van der Waals surface area contributed by atoms with Crippen LogP contribution in [-0.4, -0.2) is 10.2 Å². The zero-order valence-electron chi connectivity index (χ0n) is 15.5. The maximum Gasteiger partial charge on any atom is 0.270 e. The second-order valence-electron chi connectivity index (χ2n) is 6.41. The highest BCUT2D eigenvalue weighted by Crippen LogP contribution is 2.37. The standard InChI is InChI=1S/C23H15Cl2NO2S2/c24-17-8-5-9-18(13-17)26-22(27)21(30-23(26)29)12-15-6-2-4-11-20(15)28-14-16-7-1-3-10-19(16)25/h1-13H,14H2/b21-12+. The molecule has 1 aliphatic heterocycles. The predicted octanol–water partition coefficient (Wildman–Crippen LogP) is 6.98. The molecular formula is C23H15Cl2NO2S2. The van der Waals surface area contributed by atoms with E-state index in [1.165, 1.54) is 16.7 Å². The van der Waals surface area contributed by atoms with E-state index in [2.05, 4.69) is 0 Å². The van der Waals surface area contributed by atoms with Crippen LogP contribution in [0.25, 0.3) is 6.08 Å². The number of thioether (sulfide) groups is 1. The van der Waals surface area contributed by atoms with E-state index < -0.39 is 0 Å². The number of nitrogens with zero attached hydrogens (tertiary/aromatic N) is 1. The summed E-state index contributed by atoms with van der Waals surface area (Å²) in [6.45, 7) is 0.327. The van der Waals surface area contributed by atoms with Crippen molar-refractivity contribution in [2.45, 2.75) is 6.61 Å². The van der Waals surface area contributed by atoms with E-state index in [1.807, 2.05) is 48.5 Å². The van der Waals surface area contributed by atoms with Gasteiger partial charge in [-0.2, -0.15) is 0 Å². The van der Waals surface area contributed by atoms with Crippen molar-refractivity contribution in [3.8, 4) is 5.75 Å². The molecule has 0 spiro atoms. The Morgan fingerprint density at radius 2 is 1.77 bits per heavy atom. The molecule has 0 atom stereocenters. The minimum absolute atomic E-state index is 0.187. The van der Waals surface area contributed by atoms with Gasteiger partial charge in [-0.15, -0.1) is 0 Å². The Labute approximate surface area is 194 Å². The monoisotopic (exact) mass is 471 g/mol. The average Bonchev–Trinajstić information content (AvgIpc) is 3.01. The van der Waals surface area contributed by atoms with Gasteiger partial charge >= 0.3 is 0 Å². The number of halogens is 2. The Hall–Kier alpha value is -2.31. The van der Waals surface area contributed by atoms with Crippen LogP contribution >= 0.6 is 47.2 Å². The molecule has 7 heteroatoms. The van der Waals surface area contributed by atoms with Gasteiger partial charge in [0.05, 0.1) is 10.6 Å². The maximum atomic E-state index is 13.0. The molecule has 1 fully saturated rings. The molecule has 3 aromatic rings. The first kappa shape index (κ1) is 20.9. The van der Waals surface area contributed by atoms with Crippen LogP contribution in [0.4, 0.5) is 5.69 Å². The molecule has 1 saturated heterocycles. The third-order valence-electron chi connectivity index (χ3n) is 4.41. The van der Waals surface area contributed by atoms with Crippen LogP contribution in [0.2, 0.25) is 10.0 Å². The van der Waals surface area contributed by atoms with Crippen molar-refractivity contribution in [1.82, 2.24) is 0 Å². The van der Waals surface area contributed by atoms with Crippen molar-refractivity contribution in [3.05, 3.63) is 98.9 Å². The summed E-state index contributed by atoms with van der Waals surface area (Å²) in [5, 5.41) is 1.20. The van der Waals surface area contributed by atoms with Gasteiger partial charge in [-0.1, -0.05) is 89.6 Å². The number of para-hydroxylation sites is 1. The van der Waals surface area contributed by atoms with Crippen molar-refractivity contribution in [1.29, 1.82) is 0 Å². The highest BCUT2D eigenvalue weighted by atomic mass is 35.5. The number of hydrogen-bond acceptors (Lipinski definition) is 4. The molecule has 1 aliphatic rings. The van der Waals surface area contributed by atoms with Gasteiger partial charge in [0.25, 0.3) is 5.91 Å². The van der Waals surface area contributed by atoms with Crippen molar-refractivity contribution < 1.29 is 9.53 Å². The summed E-state index contributed by atoms with van der Waals surface area (Å²) < 4.78 is 6.45. The molecule has 1 amide bonds. The molecule has 3 aromatic carbocycles. The molecule has 3 nitrogen and oxygen atoms in total. The zero-order chi connectivity index (χ0) is 21.1. The number of anilines is 1. The number of benzene rings is 3. The molecule has 1 heterocycles. The van der Waals surface area contributed by atoms with Crippen LogP contribution in [0.3, 0.4) is 0 Å². The number of amides is 1. The fourth-order valence-electron chi connectivity index (χ4n) is 2.95. The van der Waals surface area contributed by atoms with Crippen molar-refractivity contribution >= 4 is 69.2 Å². The Morgan fingerprint density at radius 3 is 2.57 bits per heavy atom. The Balaban J connectivity index is 1.59. The van der Waals surface area contributed by atoms with E-state index in [0.717, 1.165) is 11.1 Å². The molecule has 30 heavy (non-hydrogen) atoms. The van der Waals surface area contributed by atoms with Gasteiger partial charge in [0.1, 0.15) is 12.4 Å². The van der Waals surface area contributed by atoms with Crippen LogP contribution in [0.5, 0.6) is 5.75 Å². The number of hydrogen-bond donors (Lipinski definition) is 0. The van der Waals surface area contributed by atoms with Gasteiger partial charge in [-0.25, -0.2) is 0 Å². The van der Waals surface area contributed by atoms with Gasteiger partial charge in [0, 0.05) is 21.2 Å². The van der Waals surface area contributed by atoms with Gasteiger partial charge in [0.15, 0.2) is 4.32 Å². The second-order valence-corrected chi connectivity index (χ2v) is 8.93. The first-order valence-electron chi connectivity index (χ1n) is 9.02. The molecule has 0 unspecified atom stereocenters. The van der Waals surface area contributed by atoms with Crippen molar-refractivity contribution in [2.24, 2.45) is 0 Å². The van der Waals surface area contributed by atoms with Crippen molar-refractivity contribution in [2.75, 3.05) is 4.90 Å². The van der Waals surface area contributed by atoms with Crippen LogP contribution in [0.15, 0.2) is 77.7 Å². The summed E-state index contributed by atoms with van der Waals surface area (Å²) in [6, 6.07) is 22.1. The van der Waals surface area contributed by atoms with E-state index in [4.69, 9.17) is 40.2 Å². The summed E-state index contributed by atoms with van der Waals surface area (Å²) in [5.41, 5.74) is 2.33. The number of carbonyl (C=O) groups excluding carboxylic acids is 1. The van der Waals surface area contributed by atoms with Gasteiger partial charge in [-0.05, 0) is 36.4 Å². The lowest BCUT2D eigenvalue weighted by atomic mass is 10.1. The summed E-state index contributed by atoms with van der Waals surface area (Å²) in [4.78, 5) is 15.0. The smallest absolute Gasteiger partial charge is 0.270 e. The SMILES string of the molecule is O=C1/C(=C\c2ccccc2OCc2ccccc2Cl)SC(=S)N1c1cccc(Cl)c1. The summed E-state index contributed by atoms with van der Waals surface area (Å²) in [6.07, 6.45) is 1.80. The van der Waals surface area contributed by atoms with Crippen LogP contribution in [0.1, 0.15) is 11.1 Å². The average molecular weight is 472 g/mol. The Kier molecular flexibility index (Phi) is 6.44. The third-order valence-corrected chi connectivity index (χ3v) is 6.31. The highest BCUT2D eigenvalue weighted by Gasteiger charge is 2.33. The molecule has 0 bridgehead atoms. The first-order valence-corrected chi connectivity index (χ1v) is 11.0. The van der Waals surface area contributed by atoms with E-state index in [1.54, 1.807) is 30.3 Å². The lowest BCUT2D eigenvalue weighted by Crippen LogP contribution is -2.27. The second kappa shape index (κ2) is 9.23. The molecule has 4 rings (SSSR count). The van der Waals surface area contributed by atoms with Crippen molar-refractivity contribution in [3.63, 3.8) is 0 Å². The van der Waals surface area contributed by atoms with Crippen LogP contribution < -0.4 is 9.64 Å². The number of carbonyl (C=O) groups is 1. The molecule has 0 saturated carbocycles. The maximum absolute atomic E-state index is 13.0. The van der Waals surface area contributed by atoms with Gasteiger partial charge in [0.2, 0.25) is 0 Å². The van der Waals surface area contributed by atoms with E-state index in [-0.39, 0.29) is 5.91 Å². The summed E-state index contributed by atoms with van der Waals surface area (Å²) in [5.74, 6) is 0.471. The van der Waals surface area contributed by atoms with E-state index in [0.29, 0.717) is 37.3 Å². The minimum atomic E-state index is -0.187. The summed E-state index contributed by atoms with van der Waals surface area (Å²) >= 11 is 19.0.